The molecule has 0 spiro atoms. The van der Waals surface area contributed by atoms with Gasteiger partial charge in [-0.1, -0.05) is 23.7 Å². The molecule has 0 radical (unpaired) electrons. The van der Waals surface area contributed by atoms with E-state index < -0.39 is 5.41 Å². The lowest BCUT2D eigenvalue weighted by molar-refractivity contribution is -0.142. The fraction of sp³-hybridized carbons (Fsp3) is 0.391. The topological polar surface area (TPSA) is 49.9 Å². The largest absolute Gasteiger partial charge is 0.381 e. The molecule has 0 N–H and O–H groups in total. The van der Waals surface area contributed by atoms with Crippen LogP contribution in [0, 0.1) is 5.82 Å². The summed E-state index contributed by atoms with van der Waals surface area (Å²) in [5.74, 6) is -0.336. The maximum absolute atomic E-state index is 13.6. The molecule has 7 heteroatoms. The Hall–Kier alpha value is -2.44. The molecule has 2 fully saturated rings. The fourth-order valence-corrected chi connectivity index (χ4v) is 4.43. The van der Waals surface area contributed by atoms with Gasteiger partial charge in [0.2, 0.25) is 5.91 Å². The summed E-state index contributed by atoms with van der Waals surface area (Å²) in [6.07, 6.45) is 1.14. The minimum Gasteiger partial charge on any atom is -0.381 e. The Bertz CT molecular complexity index is 903. The van der Waals surface area contributed by atoms with Crippen molar-refractivity contribution >= 4 is 23.4 Å². The molecule has 2 amide bonds. The molecule has 2 heterocycles. The van der Waals surface area contributed by atoms with Gasteiger partial charge in [0.05, 0.1) is 5.41 Å². The van der Waals surface area contributed by atoms with Crippen molar-refractivity contribution in [3.05, 3.63) is 70.5 Å². The van der Waals surface area contributed by atoms with Crippen LogP contribution in [0.1, 0.15) is 28.8 Å². The van der Waals surface area contributed by atoms with Gasteiger partial charge in [0, 0.05) is 50.0 Å². The highest BCUT2D eigenvalue weighted by Crippen LogP contribution is 2.37. The summed E-state index contributed by atoms with van der Waals surface area (Å²) < 4.78 is 19.0. The van der Waals surface area contributed by atoms with Gasteiger partial charge in [-0.25, -0.2) is 4.39 Å². The first-order valence-corrected chi connectivity index (χ1v) is 10.6. The lowest BCUT2D eigenvalue weighted by atomic mass is 9.73. The first-order valence-electron chi connectivity index (χ1n) is 10.2. The minimum atomic E-state index is -0.700. The summed E-state index contributed by atoms with van der Waals surface area (Å²) in [7, 11) is 0. The third-order valence-electron chi connectivity index (χ3n) is 6.10. The van der Waals surface area contributed by atoms with Gasteiger partial charge >= 0.3 is 0 Å². The van der Waals surface area contributed by atoms with Crippen molar-refractivity contribution in [3.8, 4) is 0 Å². The lowest BCUT2D eigenvalue weighted by Gasteiger charge is -2.43. The lowest BCUT2D eigenvalue weighted by Crippen LogP contribution is -2.56. The van der Waals surface area contributed by atoms with E-state index in [2.05, 4.69) is 0 Å². The summed E-state index contributed by atoms with van der Waals surface area (Å²) in [5, 5.41) is 0.588. The molecule has 2 aliphatic rings. The molecule has 0 atom stereocenters. The molecule has 0 aromatic heterocycles. The number of hydrogen-bond donors (Lipinski definition) is 0. The highest BCUT2D eigenvalue weighted by Gasteiger charge is 2.44. The van der Waals surface area contributed by atoms with Gasteiger partial charge in [-0.2, -0.15) is 0 Å². The number of rotatable bonds is 3. The summed E-state index contributed by atoms with van der Waals surface area (Å²) in [4.78, 5) is 29.9. The first kappa shape index (κ1) is 20.8. The minimum absolute atomic E-state index is 0.0380. The highest BCUT2D eigenvalue weighted by atomic mass is 35.5. The van der Waals surface area contributed by atoms with Crippen molar-refractivity contribution in [2.75, 3.05) is 39.4 Å². The quantitative estimate of drug-likeness (QED) is 0.748. The molecule has 30 heavy (non-hydrogen) atoms. The van der Waals surface area contributed by atoms with Crippen molar-refractivity contribution in [1.29, 1.82) is 0 Å². The number of carbonyl (C=O) groups excluding carboxylic acids is 2. The smallest absolute Gasteiger partial charge is 0.253 e. The summed E-state index contributed by atoms with van der Waals surface area (Å²) in [5.41, 5.74) is 0.720. The number of hydrogen-bond acceptors (Lipinski definition) is 3. The maximum atomic E-state index is 13.6. The monoisotopic (exact) mass is 430 g/mol. The van der Waals surface area contributed by atoms with Crippen molar-refractivity contribution in [2.24, 2.45) is 0 Å². The molecule has 4 rings (SSSR count). The van der Waals surface area contributed by atoms with Crippen LogP contribution in [-0.4, -0.2) is 61.0 Å². The Labute approximate surface area is 180 Å². The predicted octanol–water partition coefficient (Wildman–Crippen LogP) is 3.51. The maximum Gasteiger partial charge on any atom is 0.253 e. The molecule has 2 aliphatic heterocycles. The van der Waals surface area contributed by atoms with Gasteiger partial charge in [0.25, 0.3) is 5.91 Å². The van der Waals surface area contributed by atoms with Crippen molar-refractivity contribution in [1.82, 2.24) is 9.80 Å². The molecule has 158 valence electrons. The Kier molecular flexibility index (Phi) is 6.06. The Morgan fingerprint density at radius 1 is 0.867 bits per heavy atom. The molecule has 2 aromatic carbocycles. The van der Waals surface area contributed by atoms with Crippen molar-refractivity contribution in [3.63, 3.8) is 0 Å². The second kappa shape index (κ2) is 8.74. The predicted molar refractivity (Wildman–Crippen MR) is 112 cm³/mol. The molecule has 2 saturated heterocycles. The second-order valence-electron chi connectivity index (χ2n) is 7.79. The third kappa shape index (κ3) is 4.07. The molecule has 0 aliphatic carbocycles. The Morgan fingerprint density at radius 2 is 1.43 bits per heavy atom. The van der Waals surface area contributed by atoms with E-state index in [1.54, 1.807) is 41.3 Å². The zero-order chi connectivity index (χ0) is 21.1. The van der Waals surface area contributed by atoms with Crippen LogP contribution in [-0.2, 0) is 14.9 Å². The average Bonchev–Trinajstić information content (AvgIpc) is 2.79. The normalized spacial score (nSPS) is 18.9. The van der Waals surface area contributed by atoms with E-state index in [0.29, 0.717) is 62.8 Å². The van der Waals surface area contributed by atoms with Gasteiger partial charge < -0.3 is 14.5 Å². The Balaban J connectivity index is 1.47. The van der Waals surface area contributed by atoms with Gasteiger partial charge in [-0.15, -0.1) is 0 Å². The number of benzene rings is 2. The summed E-state index contributed by atoms with van der Waals surface area (Å²) in [6.45, 7) is 2.90. The van der Waals surface area contributed by atoms with E-state index in [1.165, 1.54) is 12.1 Å². The van der Waals surface area contributed by atoms with Gasteiger partial charge in [-0.05, 0) is 54.8 Å². The van der Waals surface area contributed by atoms with Crippen LogP contribution in [0.15, 0.2) is 48.5 Å². The molecular formula is C23H24ClFN2O3. The van der Waals surface area contributed by atoms with E-state index in [-0.39, 0.29) is 17.6 Å². The number of piperazine rings is 1. The second-order valence-corrected chi connectivity index (χ2v) is 8.23. The van der Waals surface area contributed by atoms with Crippen LogP contribution in [0.3, 0.4) is 0 Å². The van der Waals surface area contributed by atoms with E-state index in [4.69, 9.17) is 16.3 Å². The molecule has 2 aromatic rings. The molecular weight excluding hydrogens is 407 g/mol. The number of amides is 2. The van der Waals surface area contributed by atoms with E-state index in [0.717, 1.165) is 5.56 Å². The average molecular weight is 431 g/mol. The standard InChI is InChI=1S/C23H24ClFN2O3/c24-19-5-1-17(2-6-19)21(28)26-11-13-27(14-12-26)22(29)23(9-15-30-16-10-23)18-3-7-20(25)8-4-18/h1-8H,9-16H2. The zero-order valence-corrected chi connectivity index (χ0v) is 17.4. The number of halogens is 2. The third-order valence-corrected chi connectivity index (χ3v) is 6.35. The van der Waals surface area contributed by atoms with E-state index >= 15 is 0 Å². The van der Waals surface area contributed by atoms with Gasteiger partial charge in [-0.3, -0.25) is 9.59 Å². The highest BCUT2D eigenvalue weighted by molar-refractivity contribution is 6.30. The molecule has 0 unspecified atom stereocenters. The molecule has 5 nitrogen and oxygen atoms in total. The van der Waals surface area contributed by atoms with E-state index in [9.17, 15) is 14.0 Å². The van der Waals surface area contributed by atoms with Crippen LogP contribution in [0.4, 0.5) is 4.39 Å². The van der Waals surface area contributed by atoms with Gasteiger partial charge in [0.15, 0.2) is 0 Å². The number of nitrogens with zero attached hydrogens (tertiary/aromatic N) is 2. The van der Waals surface area contributed by atoms with Crippen LogP contribution < -0.4 is 0 Å². The number of ether oxygens (including phenoxy) is 1. The van der Waals surface area contributed by atoms with E-state index in [1.807, 2.05) is 4.90 Å². The molecule has 0 saturated carbocycles. The van der Waals surface area contributed by atoms with Crippen LogP contribution in [0.25, 0.3) is 0 Å². The van der Waals surface area contributed by atoms with Crippen molar-refractivity contribution < 1.29 is 18.7 Å². The van der Waals surface area contributed by atoms with Crippen LogP contribution in [0.2, 0.25) is 5.02 Å². The Morgan fingerprint density at radius 3 is 2.03 bits per heavy atom. The number of carbonyl (C=O) groups is 2. The zero-order valence-electron chi connectivity index (χ0n) is 16.7. The van der Waals surface area contributed by atoms with Crippen LogP contribution >= 0.6 is 11.6 Å². The van der Waals surface area contributed by atoms with Gasteiger partial charge in [0.1, 0.15) is 5.82 Å². The van der Waals surface area contributed by atoms with Crippen molar-refractivity contribution in [2.45, 2.75) is 18.3 Å². The summed E-state index contributed by atoms with van der Waals surface area (Å²) in [6, 6.07) is 13.1. The fourth-order valence-electron chi connectivity index (χ4n) is 4.31. The molecule has 0 bridgehead atoms. The SMILES string of the molecule is O=C(c1ccc(Cl)cc1)N1CCN(C(=O)C2(c3ccc(F)cc3)CCOCC2)CC1. The summed E-state index contributed by atoms with van der Waals surface area (Å²) >= 11 is 5.90. The van der Waals surface area contributed by atoms with Crippen LogP contribution in [0.5, 0.6) is 0 Å². The first-order chi connectivity index (χ1) is 14.5.